The zero-order valence-electron chi connectivity index (χ0n) is 39.8. The van der Waals surface area contributed by atoms with Crippen LogP contribution in [-0.4, -0.2) is 14.8 Å². The van der Waals surface area contributed by atoms with Gasteiger partial charge in [-0.2, -0.15) is 0 Å². The minimum atomic E-state index is -3.00. The molecule has 0 aromatic heterocycles. The Bertz CT molecular complexity index is 2900. The lowest BCUT2D eigenvalue weighted by Gasteiger charge is -2.51. The third-order valence-corrected chi connectivity index (χ3v) is 19.1. The Labute approximate surface area is 379 Å². The molecule has 4 heteroatoms. The summed E-state index contributed by atoms with van der Waals surface area (Å²) in [5, 5.41) is 5.81. The summed E-state index contributed by atoms with van der Waals surface area (Å²) in [5.74, 6) is 0. The minimum absolute atomic E-state index is 0.0234. The first-order chi connectivity index (χ1) is 29.7. The van der Waals surface area contributed by atoms with Gasteiger partial charge in [0, 0.05) is 34.1 Å². The summed E-state index contributed by atoms with van der Waals surface area (Å²) in [4.78, 5) is 5.30. The molecule has 0 saturated carbocycles. The molecule has 0 N–H and O–H groups in total. The number of hydrogen-bond acceptors (Lipinski definition) is 2. The Morgan fingerprint density at radius 2 is 0.857 bits per heavy atom. The maximum atomic E-state index is 2.72. The van der Waals surface area contributed by atoms with Crippen molar-refractivity contribution in [3.63, 3.8) is 0 Å². The van der Waals surface area contributed by atoms with E-state index < -0.39 is 8.07 Å². The predicted octanol–water partition coefficient (Wildman–Crippen LogP) is 11.0. The van der Waals surface area contributed by atoms with E-state index in [-0.39, 0.29) is 28.4 Å². The highest BCUT2D eigenvalue weighted by molar-refractivity contribution is 7.22. The maximum Gasteiger partial charge on any atom is 0.252 e. The first-order valence-electron chi connectivity index (χ1n) is 23.1. The third-order valence-electron chi connectivity index (χ3n) is 14.4. The molecule has 0 amide bonds. The maximum absolute atomic E-state index is 3.00. The van der Waals surface area contributed by atoms with Crippen LogP contribution in [0.25, 0.3) is 0 Å². The lowest BCUT2D eigenvalue weighted by Crippen LogP contribution is -2.79. The van der Waals surface area contributed by atoms with Gasteiger partial charge in [0.15, 0.2) is 8.07 Å². The van der Waals surface area contributed by atoms with Crippen molar-refractivity contribution in [1.82, 2.24) is 0 Å². The molecule has 0 bridgehead atoms. The zero-order valence-corrected chi connectivity index (χ0v) is 40.8. The standard InChI is InChI=1S/C59H63BN2Si/c1-38-32-50-54-51(33-38)62-49-31-27-41(58(8,9)10)36-52(49)63(44-20-16-14-17-21-44,45-22-18-15-19-23-45)53-37-42(59(11,12)13)35-47(55(53)62)60(54)46-34-40(57(5,6)7)26-30-48(46)61(50)43-28-24-39(25-29-43)56(2,3)4/h14-37H,1-13H3. The van der Waals surface area contributed by atoms with Crippen molar-refractivity contribution in [3.8, 4) is 0 Å². The van der Waals surface area contributed by atoms with Crippen LogP contribution in [0.5, 0.6) is 0 Å². The molecule has 10 rings (SSSR count). The molecule has 0 aliphatic carbocycles. The summed E-state index contributed by atoms with van der Waals surface area (Å²) < 4.78 is 0. The Kier molecular flexibility index (Phi) is 9.18. The molecule has 3 aliphatic rings. The zero-order chi connectivity index (χ0) is 44.6. The number of anilines is 6. The fraction of sp³-hybridized carbons (Fsp3) is 0.288. The molecule has 0 spiro atoms. The van der Waals surface area contributed by atoms with Gasteiger partial charge in [0.25, 0.3) is 6.71 Å². The molecule has 2 nitrogen and oxygen atoms in total. The number of aryl methyl sites for hydroxylation is 1. The van der Waals surface area contributed by atoms with Gasteiger partial charge < -0.3 is 9.80 Å². The second-order valence-electron chi connectivity index (χ2n) is 22.8. The predicted molar refractivity (Wildman–Crippen MR) is 277 cm³/mol. The molecule has 0 radical (unpaired) electrons. The summed E-state index contributed by atoms with van der Waals surface area (Å²) in [6.45, 7) is 30.6. The van der Waals surface area contributed by atoms with Crippen LogP contribution in [0, 0.1) is 6.92 Å². The molecule has 0 unspecified atom stereocenters. The average molecular weight is 839 g/mol. The van der Waals surface area contributed by atoms with Gasteiger partial charge in [-0.25, -0.2) is 0 Å². The van der Waals surface area contributed by atoms with Crippen LogP contribution in [0.4, 0.5) is 34.1 Å². The van der Waals surface area contributed by atoms with Crippen LogP contribution in [0.15, 0.2) is 146 Å². The number of nitrogens with zero attached hydrogens (tertiary/aromatic N) is 2. The van der Waals surface area contributed by atoms with Gasteiger partial charge in [-0.1, -0.05) is 192 Å². The summed E-state index contributed by atoms with van der Waals surface area (Å²) >= 11 is 0. The van der Waals surface area contributed by atoms with E-state index in [1.807, 2.05) is 0 Å². The van der Waals surface area contributed by atoms with Crippen LogP contribution in [-0.2, 0) is 21.7 Å². The number of benzene rings is 7. The van der Waals surface area contributed by atoms with E-state index in [9.17, 15) is 0 Å². The van der Waals surface area contributed by atoms with Gasteiger partial charge in [-0.15, -0.1) is 0 Å². The van der Waals surface area contributed by atoms with E-state index in [0.717, 1.165) is 0 Å². The molecule has 0 fully saturated rings. The summed E-state index contributed by atoms with van der Waals surface area (Å²) in [5.41, 5.74) is 18.5. The first kappa shape index (κ1) is 41.4. The van der Waals surface area contributed by atoms with E-state index in [1.165, 1.54) is 99.1 Å². The van der Waals surface area contributed by atoms with Crippen LogP contribution >= 0.6 is 0 Å². The van der Waals surface area contributed by atoms with Crippen LogP contribution in [0.3, 0.4) is 0 Å². The molecule has 3 heterocycles. The second-order valence-corrected chi connectivity index (χ2v) is 26.5. The Balaban J connectivity index is 1.40. The molecule has 7 aromatic carbocycles. The van der Waals surface area contributed by atoms with E-state index in [4.69, 9.17) is 0 Å². The van der Waals surface area contributed by atoms with Crippen molar-refractivity contribution in [2.45, 2.75) is 112 Å². The minimum Gasteiger partial charge on any atom is -0.312 e. The second kappa shape index (κ2) is 14.0. The molecular formula is C59H63BN2Si. The van der Waals surface area contributed by atoms with Crippen LogP contribution < -0.4 is 46.9 Å². The van der Waals surface area contributed by atoms with Gasteiger partial charge >= 0.3 is 0 Å². The molecular weight excluding hydrogens is 776 g/mol. The quantitative estimate of drug-likeness (QED) is 0.164. The van der Waals surface area contributed by atoms with Gasteiger partial charge in [-0.3, -0.25) is 0 Å². The highest BCUT2D eigenvalue weighted by Crippen LogP contribution is 2.47. The molecule has 3 aliphatic heterocycles. The van der Waals surface area contributed by atoms with Crippen molar-refractivity contribution in [3.05, 3.63) is 173 Å². The molecule has 63 heavy (non-hydrogen) atoms. The molecule has 0 atom stereocenters. The highest BCUT2D eigenvalue weighted by Gasteiger charge is 2.54. The van der Waals surface area contributed by atoms with Crippen molar-refractivity contribution in [2.24, 2.45) is 0 Å². The molecule has 7 aromatic rings. The normalized spacial score (nSPS) is 15.1. The largest absolute Gasteiger partial charge is 0.312 e. The monoisotopic (exact) mass is 838 g/mol. The Hall–Kier alpha value is -5.58. The van der Waals surface area contributed by atoms with Gasteiger partial charge in [0.05, 0.1) is 0 Å². The molecule has 316 valence electrons. The van der Waals surface area contributed by atoms with E-state index in [2.05, 4.69) is 245 Å². The Morgan fingerprint density at radius 1 is 0.397 bits per heavy atom. The van der Waals surface area contributed by atoms with Gasteiger partial charge in [0.2, 0.25) is 0 Å². The van der Waals surface area contributed by atoms with Crippen molar-refractivity contribution in [2.75, 3.05) is 9.80 Å². The van der Waals surface area contributed by atoms with Crippen molar-refractivity contribution < 1.29 is 0 Å². The Morgan fingerprint density at radius 3 is 1.40 bits per heavy atom. The topological polar surface area (TPSA) is 6.48 Å². The number of fused-ring (bicyclic) bond motifs is 6. The first-order valence-corrected chi connectivity index (χ1v) is 25.1. The number of rotatable bonds is 3. The summed E-state index contributed by atoms with van der Waals surface area (Å²) in [7, 11) is -3.00. The van der Waals surface area contributed by atoms with Gasteiger partial charge in [0.1, 0.15) is 0 Å². The van der Waals surface area contributed by atoms with E-state index >= 15 is 0 Å². The molecule has 0 saturated heterocycles. The lowest BCUT2D eigenvalue weighted by atomic mass is 9.33. The fourth-order valence-corrected chi connectivity index (χ4v) is 16.1. The van der Waals surface area contributed by atoms with Crippen molar-refractivity contribution >= 4 is 86.0 Å². The van der Waals surface area contributed by atoms with Crippen LogP contribution in [0.2, 0.25) is 0 Å². The average Bonchev–Trinajstić information content (AvgIpc) is 3.23. The highest BCUT2D eigenvalue weighted by atomic mass is 28.3. The fourth-order valence-electron chi connectivity index (χ4n) is 10.9. The lowest BCUT2D eigenvalue weighted by molar-refractivity contribution is 0.590. The van der Waals surface area contributed by atoms with Crippen molar-refractivity contribution in [1.29, 1.82) is 0 Å². The summed E-state index contributed by atoms with van der Waals surface area (Å²) in [6.07, 6.45) is 0. The van der Waals surface area contributed by atoms with E-state index in [0.29, 0.717) is 0 Å². The third kappa shape index (κ3) is 6.33. The van der Waals surface area contributed by atoms with E-state index in [1.54, 1.807) is 0 Å². The number of hydrogen-bond donors (Lipinski definition) is 0. The smallest absolute Gasteiger partial charge is 0.252 e. The SMILES string of the molecule is Cc1cc2c3c(c1)N1c4ccc(C(C)(C)C)cc4[Si](c4ccccc4)(c4ccccc4)c4cc(C(C)(C)C)cc(c41)B3c1cc(C(C)(C)C)ccc1N2c1ccc(C(C)(C)C)cc1. The van der Waals surface area contributed by atoms with Gasteiger partial charge in [-0.05, 0) is 130 Å². The van der Waals surface area contributed by atoms with Crippen LogP contribution in [0.1, 0.15) is 111 Å². The summed E-state index contributed by atoms with van der Waals surface area (Å²) in [6, 6.07) is 57.7.